The molecule has 112 valence electrons. The molecule has 1 heterocycles. The molecule has 7 nitrogen and oxygen atoms in total. The highest BCUT2D eigenvalue weighted by Gasteiger charge is 2.31. The Morgan fingerprint density at radius 1 is 1.43 bits per heavy atom. The van der Waals surface area contributed by atoms with Gasteiger partial charge in [0.2, 0.25) is 0 Å². The van der Waals surface area contributed by atoms with Crippen molar-refractivity contribution < 1.29 is 27.9 Å². The molecule has 0 spiro atoms. The lowest BCUT2D eigenvalue weighted by Crippen LogP contribution is -2.23. The summed E-state index contributed by atoms with van der Waals surface area (Å²) in [4.78, 5) is 12.0. The molecule has 0 aliphatic heterocycles. The van der Waals surface area contributed by atoms with E-state index in [2.05, 4.69) is 20.4 Å². The molecule has 0 aliphatic carbocycles. The summed E-state index contributed by atoms with van der Waals surface area (Å²) in [5.74, 6) is -1.01. The van der Waals surface area contributed by atoms with Gasteiger partial charge in [0.05, 0.1) is 6.20 Å². The van der Waals surface area contributed by atoms with Gasteiger partial charge >= 0.3 is 6.36 Å². The van der Waals surface area contributed by atoms with Crippen LogP contribution in [-0.4, -0.2) is 32.6 Å². The van der Waals surface area contributed by atoms with Crippen LogP contribution in [-0.2, 0) is 6.54 Å². The molecule has 2 N–H and O–H groups in total. The van der Waals surface area contributed by atoms with Gasteiger partial charge in [0.25, 0.3) is 5.91 Å². The maximum absolute atomic E-state index is 12.1. The first-order chi connectivity index (χ1) is 9.83. The van der Waals surface area contributed by atoms with Crippen molar-refractivity contribution in [3.8, 4) is 5.75 Å². The zero-order valence-corrected chi connectivity index (χ0v) is 10.3. The smallest absolute Gasteiger partial charge is 0.410 e. The molecule has 0 radical (unpaired) electrons. The average Bonchev–Trinajstić information content (AvgIpc) is 2.81. The van der Waals surface area contributed by atoms with Crippen molar-refractivity contribution in [2.75, 3.05) is 0 Å². The first kappa shape index (κ1) is 14.6. The van der Waals surface area contributed by atoms with E-state index < -0.39 is 12.3 Å². The molecule has 0 unspecified atom stereocenters. The quantitative estimate of drug-likeness (QED) is 0.832. The Hall–Kier alpha value is -2.78. The number of ether oxygens (including phenoxy) is 1. The van der Waals surface area contributed by atoms with E-state index in [4.69, 9.17) is 5.21 Å². The third-order valence-electron chi connectivity index (χ3n) is 2.30. The second-order valence-corrected chi connectivity index (χ2v) is 3.90. The molecule has 1 aromatic carbocycles. The number of amides is 1. The SMILES string of the molecule is O=C(NCc1cccc(OC(F)(F)F)c1)c1cn(O)nn1. The monoisotopic (exact) mass is 302 g/mol. The van der Waals surface area contributed by atoms with Crippen molar-refractivity contribution in [3.63, 3.8) is 0 Å². The molecule has 0 saturated heterocycles. The van der Waals surface area contributed by atoms with Crippen molar-refractivity contribution in [1.82, 2.24) is 20.5 Å². The van der Waals surface area contributed by atoms with Gasteiger partial charge in [0.1, 0.15) is 5.75 Å². The van der Waals surface area contributed by atoms with E-state index in [1.54, 1.807) is 0 Å². The summed E-state index contributed by atoms with van der Waals surface area (Å²) in [5.41, 5.74) is 0.279. The number of carbonyl (C=O) groups excluding carboxylic acids is 1. The van der Waals surface area contributed by atoms with Crippen LogP contribution >= 0.6 is 0 Å². The largest absolute Gasteiger partial charge is 0.573 e. The van der Waals surface area contributed by atoms with Gasteiger partial charge < -0.3 is 15.3 Å². The molecule has 1 amide bonds. The van der Waals surface area contributed by atoms with Crippen LogP contribution in [0.5, 0.6) is 5.75 Å². The summed E-state index contributed by atoms with van der Waals surface area (Å²) in [6, 6.07) is 5.19. The number of halogens is 3. The highest BCUT2D eigenvalue weighted by molar-refractivity contribution is 5.91. The topological polar surface area (TPSA) is 89.3 Å². The third kappa shape index (κ3) is 4.37. The number of hydrogen-bond acceptors (Lipinski definition) is 5. The molecular formula is C11H9F3N4O3. The second kappa shape index (κ2) is 5.69. The number of nitrogens with zero attached hydrogens (tertiary/aromatic N) is 3. The summed E-state index contributed by atoms with van der Waals surface area (Å²) in [7, 11) is 0. The highest BCUT2D eigenvalue weighted by atomic mass is 19.4. The van der Waals surface area contributed by atoms with E-state index in [-0.39, 0.29) is 18.0 Å². The fourth-order valence-corrected chi connectivity index (χ4v) is 1.48. The Bertz CT molecular complexity index is 642. The first-order valence-electron chi connectivity index (χ1n) is 5.58. The summed E-state index contributed by atoms with van der Waals surface area (Å²) < 4.78 is 40.0. The van der Waals surface area contributed by atoms with E-state index in [9.17, 15) is 18.0 Å². The molecular weight excluding hydrogens is 293 g/mol. The van der Waals surface area contributed by atoms with E-state index >= 15 is 0 Å². The van der Waals surface area contributed by atoms with Gasteiger partial charge in [0.15, 0.2) is 5.69 Å². The minimum absolute atomic E-state index is 0.0355. The maximum atomic E-state index is 12.1. The molecule has 1 aromatic heterocycles. The minimum Gasteiger partial charge on any atom is -0.410 e. The van der Waals surface area contributed by atoms with Gasteiger partial charge in [-0.25, -0.2) is 0 Å². The van der Waals surface area contributed by atoms with Crippen molar-refractivity contribution in [3.05, 3.63) is 41.7 Å². The van der Waals surface area contributed by atoms with Crippen molar-refractivity contribution in [2.24, 2.45) is 0 Å². The molecule has 21 heavy (non-hydrogen) atoms. The van der Waals surface area contributed by atoms with Crippen molar-refractivity contribution in [1.29, 1.82) is 0 Å². The fraction of sp³-hybridized carbons (Fsp3) is 0.182. The number of rotatable bonds is 4. The summed E-state index contributed by atoms with van der Waals surface area (Å²) in [6.45, 7) is -0.0355. The van der Waals surface area contributed by atoms with Crippen LogP contribution in [0.25, 0.3) is 0 Å². The van der Waals surface area contributed by atoms with Crippen LogP contribution < -0.4 is 10.1 Å². The summed E-state index contributed by atoms with van der Waals surface area (Å²) in [6.07, 6.45) is -3.79. The first-order valence-corrected chi connectivity index (χ1v) is 5.58. The molecule has 0 aliphatic rings. The minimum atomic E-state index is -4.78. The van der Waals surface area contributed by atoms with E-state index in [0.717, 1.165) is 18.3 Å². The van der Waals surface area contributed by atoms with Gasteiger partial charge in [-0.3, -0.25) is 4.79 Å². The van der Waals surface area contributed by atoms with E-state index in [0.29, 0.717) is 10.4 Å². The Balaban J connectivity index is 1.97. The van der Waals surface area contributed by atoms with Crippen LogP contribution in [0, 0.1) is 0 Å². The van der Waals surface area contributed by atoms with Crippen molar-refractivity contribution in [2.45, 2.75) is 12.9 Å². The van der Waals surface area contributed by atoms with Gasteiger partial charge in [-0.2, -0.15) is 0 Å². The average molecular weight is 302 g/mol. The Kier molecular flexibility index (Phi) is 3.96. The molecule has 0 saturated carbocycles. The molecule has 0 bridgehead atoms. The lowest BCUT2D eigenvalue weighted by atomic mass is 10.2. The molecule has 0 fully saturated rings. The van der Waals surface area contributed by atoms with Gasteiger partial charge in [0, 0.05) is 6.54 Å². The number of nitrogens with one attached hydrogen (secondary N) is 1. The molecule has 2 rings (SSSR count). The van der Waals surface area contributed by atoms with Crippen LogP contribution in [0.15, 0.2) is 30.5 Å². The predicted molar refractivity (Wildman–Crippen MR) is 61.5 cm³/mol. The van der Waals surface area contributed by atoms with Crippen molar-refractivity contribution >= 4 is 5.91 Å². The molecule has 2 aromatic rings. The molecule has 0 atom stereocenters. The van der Waals surface area contributed by atoms with Crippen LogP contribution in [0.1, 0.15) is 16.1 Å². The zero-order valence-electron chi connectivity index (χ0n) is 10.3. The predicted octanol–water partition coefficient (Wildman–Crippen LogP) is 1.34. The molecule has 10 heteroatoms. The Morgan fingerprint density at radius 3 is 2.81 bits per heavy atom. The second-order valence-electron chi connectivity index (χ2n) is 3.90. The number of benzene rings is 1. The highest BCUT2D eigenvalue weighted by Crippen LogP contribution is 2.23. The lowest BCUT2D eigenvalue weighted by Gasteiger charge is -2.10. The van der Waals surface area contributed by atoms with Gasteiger partial charge in [-0.05, 0) is 22.9 Å². The normalized spacial score (nSPS) is 11.2. The summed E-state index contributed by atoms with van der Waals surface area (Å²) >= 11 is 0. The van der Waals surface area contributed by atoms with E-state index in [1.165, 1.54) is 12.1 Å². The maximum Gasteiger partial charge on any atom is 0.573 e. The fourth-order valence-electron chi connectivity index (χ4n) is 1.48. The Morgan fingerprint density at radius 2 is 2.19 bits per heavy atom. The van der Waals surface area contributed by atoms with Gasteiger partial charge in [-0.1, -0.05) is 17.0 Å². The van der Waals surface area contributed by atoms with Gasteiger partial charge in [-0.15, -0.1) is 18.3 Å². The lowest BCUT2D eigenvalue weighted by molar-refractivity contribution is -0.274. The number of aromatic nitrogens is 3. The Labute approximate surface area is 115 Å². The number of alkyl halides is 3. The van der Waals surface area contributed by atoms with E-state index in [1.807, 2.05) is 0 Å². The third-order valence-corrected chi connectivity index (χ3v) is 2.30. The standard InChI is InChI=1S/C11H9F3N4O3/c12-11(13,14)21-8-3-1-2-7(4-8)5-15-10(19)9-6-18(20)17-16-9/h1-4,6,20H,5H2,(H,15,19). The van der Waals surface area contributed by atoms with Crippen LogP contribution in [0.4, 0.5) is 13.2 Å². The number of hydrogen-bond donors (Lipinski definition) is 2. The van der Waals surface area contributed by atoms with Crippen LogP contribution in [0.3, 0.4) is 0 Å². The number of carbonyl (C=O) groups is 1. The zero-order chi connectivity index (χ0) is 15.5. The van der Waals surface area contributed by atoms with Crippen LogP contribution in [0.2, 0.25) is 0 Å². The summed E-state index contributed by atoms with van der Waals surface area (Å²) in [5, 5.41) is 17.8.